The lowest BCUT2D eigenvalue weighted by atomic mass is 10.0. The molecule has 0 aliphatic carbocycles. The van der Waals surface area contributed by atoms with Crippen LogP contribution in [0.2, 0.25) is 5.02 Å². The number of rotatable bonds is 4. The number of nitrogens with one attached hydrogen (secondary N) is 1. The molecule has 0 saturated carbocycles. The van der Waals surface area contributed by atoms with Crippen molar-refractivity contribution in [2.45, 2.75) is 37.9 Å². The molecule has 0 atom stereocenters. The molecule has 32 heavy (non-hydrogen) atoms. The molecule has 2 fully saturated rings. The lowest BCUT2D eigenvalue weighted by Crippen LogP contribution is -2.44. The van der Waals surface area contributed by atoms with Crippen LogP contribution in [0.5, 0.6) is 0 Å². The quantitative estimate of drug-likeness (QED) is 0.494. The number of hydrogen-bond acceptors (Lipinski definition) is 3. The third-order valence-electron chi connectivity index (χ3n) is 6.17. The molecule has 1 amide bonds. The molecule has 9 heteroatoms. The molecule has 2 heterocycles. The van der Waals surface area contributed by atoms with Gasteiger partial charge >= 0.3 is 6.18 Å². The monoisotopic (exact) mass is 529 g/mol. The summed E-state index contributed by atoms with van der Waals surface area (Å²) in [5, 5.41) is 3.04. The molecule has 0 aromatic heterocycles. The molecule has 0 bridgehead atoms. The second-order valence-electron chi connectivity index (χ2n) is 8.31. The molecule has 4 nitrogen and oxygen atoms in total. The molecule has 0 spiro atoms. The van der Waals surface area contributed by atoms with Gasteiger partial charge in [0.1, 0.15) is 0 Å². The third kappa shape index (κ3) is 5.41. The zero-order chi connectivity index (χ0) is 22.9. The molecule has 2 saturated heterocycles. The molecular formula is C23H24BrClF3N3O. The molecule has 0 radical (unpaired) electrons. The first-order valence-corrected chi connectivity index (χ1v) is 11.9. The van der Waals surface area contributed by atoms with Gasteiger partial charge in [-0.2, -0.15) is 13.2 Å². The second-order valence-corrected chi connectivity index (χ2v) is 9.57. The zero-order valence-electron chi connectivity index (χ0n) is 17.4. The average Bonchev–Trinajstić information content (AvgIpc) is 3.30. The zero-order valence-corrected chi connectivity index (χ0v) is 19.7. The van der Waals surface area contributed by atoms with Gasteiger partial charge in [0.2, 0.25) is 0 Å². The van der Waals surface area contributed by atoms with Crippen molar-refractivity contribution in [2.75, 3.05) is 36.4 Å². The van der Waals surface area contributed by atoms with Crippen molar-refractivity contribution >= 4 is 44.8 Å². The second kappa shape index (κ2) is 9.61. The Labute approximate surface area is 198 Å². The molecule has 2 aromatic rings. The summed E-state index contributed by atoms with van der Waals surface area (Å²) in [5.41, 5.74) is -0.0153. The van der Waals surface area contributed by atoms with Gasteiger partial charge in [-0.3, -0.25) is 4.79 Å². The minimum Gasteiger partial charge on any atom is -0.371 e. The number of carbonyl (C=O) groups excluding carboxylic acids is 1. The van der Waals surface area contributed by atoms with E-state index in [2.05, 4.69) is 26.1 Å². The summed E-state index contributed by atoms with van der Waals surface area (Å²) in [7, 11) is 0. The van der Waals surface area contributed by atoms with Crippen LogP contribution in [0.4, 0.5) is 24.5 Å². The Morgan fingerprint density at radius 1 is 1.03 bits per heavy atom. The van der Waals surface area contributed by atoms with Gasteiger partial charge in [0.05, 0.1) is 10.6 Å². The van der Waals surface area contributed by atoms with E-state index in [1.165, 1.54) is 12.8 Å². The number of carbonyl (C=O) groups is 1. The molecule has 2 aliphatic heterocycles. The van der Waals surface area contributed by atoms with Crippen LogP contribution in [0.15, 0.2) is 40.9 Å². The van der Waals surface area contributed by atoms with Crippen LogP contribution in [0, 0.1) is 0 Å². The normalized spacial score (nSPS) is 18.2. The maximum atomic E-state index is 13.6. The van der Waals surface area contributed by atoms with E-state index in [1.807, 2.05) is 4.90 Å². The maximum absolute atomic E-state index is 13.6. The van der Waals surface area contributed by atoms with Crippen molar-refractivity contribution < 1.29 is 18.0 Å². The predicted octanol–water partition coefficient (Wildman–Crippen LogP) is 6.44. The van der Waals surface area contributed by atoms with E-state index < -0.39 is 17.6 Å². The summed E-state index contributed by atoms with van der Waals surface area (Å²) in [4.78, 5) is 17.2. The molecule has 2 aliphatic rings. The van der Waals surface area contributed by atoms with Crippen LogP contribution in [0.1, 0.15) is 41.6 Å². The fraction of sp³-hybridized carbons (Fsp3) is 0.435. The molecular weight excluding hydrogens is 507 g/mol. The van der Waals surface area contributed by atoms with Gasteiger partial charge in [-0.1, -0.05) is 11.6 Å². The lowest BCUT2D eigenvalue weighted by Gasteiger charge is -2.38. The Kier molecular flexibility index (Phi) is 7.03. The van der Waals surface area contributed by atoms with Gasteiger partial charge < -0.3 is 15.1 Å². The number of alkyl halides is 3. The molecule has 4 rings (SSSR count). The Balaban J connectivity index is 1.54. The maximum Gasteiger partial charge on any atom is 0.416 e. The highest BCUT2D eigenvalue weighted by Gasteiger charge is 2.33. The van der Waals surface area contributed by atoms with E-state index in [4.69, 9.17) is 11.6 Å². The average molecular weight is 531 g/mol. The molecule has 1 N–H and O–H groups in total. The van der Waals surface area contributed by atoms with Crippen molar-refractivity contribution in [2.24, 2.45) is 0 Å². The first kappa shape index (κ1) is 23.4. The third-order valence-corrected chi connectivity index (χ3v) is 7.40. The summed E-state index contributed by atoms with van der Waals surface area (Å²) in [6, 6.07) is 8.91. The Morgan fingerprint density at radius 3 is 2.34 bits per heavy atom. The summed E-state index contributed by atoms with van der Waals surface area (Å²) < 4.78 is 41.4. The molecule has 2 aromatic carbocycles. The van der Waals surface area contributed by atoms with Gasteiger partial charge in [0.25, 0.3) is 5.91 Å². The largest absolute Gasteiger partial charge is 0.416 e. The Morgan fingerprint density at radius 2 is 1.72 bits per heavy atom. The highest BCUT2D eigenvalue weighted by Crippen LogP contribution is 2.35. The van der Waals surface area contributed by atoms with Crippen molar-refractivity contribution in [3.63, 3.8) is 0 Å². The fourth-order valence-corrected chi connectivity index (χ4v) is 4.89. The van der Waals surface area contributed by atoms with E-state index >= 15 is 0 Å². The number of benzene rings is 2. The number of nitrogens with zero attached hydrogens (tertiary/aromatic N) is 2. The Bertz CT molecular complexity index is 987. The summed E-state index contributed by atoms with van der Waals surface area (Å²) in [5.74, 6) is -0.609. The van der Waals surface area contributed by atoms with E-state index in [1.54, 1.807) is 24.3 Å². The first-order valence-electron chi connectivity index (χ1n) is 10.7. The van der Waals surface area contributed by atoms with Gasteiger partial charge in [-0.15, -0.1) is 0 Å². The Hall–Kier alpha value is -1.77. The fourth-order valence-electron chi connectivity index (χ4n) is 4.46. The highest BCUT2D eigenvalue weighted by atomic mass is 79.9. The van der Waals surface area contributed by atoms with Crippen LogP contribution in [-0.4, -0.2) is 43.0 Å². The molecule has 0 unspecified atom stereocenters. The minimum absolute atomic E-state index is 0.0319. The van der Waals surface area contributed by atoms with Gasteiger partial charge in [-0.05, 0) is 91.1 Å². The van der Waals surface area contributed by atoms with Gasteiger partial charge in [-0.25, -0.2) is 0 Å². The minimum atomic E-state index is -4.54. The van der Waals surface area contributed by atoms with Gasteiger partial charge in [0.15, 0.2) is 0 Å². The van der Waals surface area contributed by atoms with E-state index in [0.29, 0.717) is 40.0 Å². The van der Waals surface area contributed by atoms with Crippen molar-refractivity contribution in [1.82, 2.24) is 4.90 Å². The number of piperidine rings is 1. The number of hydrogen-bond donors (Lipinski definition) is 1. The van der Waals surface area contributed by atoms with E-state index in [9.17, 15) is 18.0 Å². The topological polar surface area (TPSA) is 35.6 Å². The van der Waals surface area contributed by atoms with Crippen LogP contribution < -0.4 is 10.2 Å². The number of amides is 1. The standard InChI is InChI=1S/C23H24BrClF3N3O/c24-20-4-3-17(14-21(20)25)29-22(32)15-11-16(23(26,27)28)13-19(12-15)31-9-5-18(6-10-31)30-7-1-2-8-30/h3-4,11-14,18H,1-2,5-10H2,(H,29,32). The predicted molar refractivity (Wildman–Crippen MR) is 125 cm³/mol. The smallest absolute Gasteiger partial charge is 0.371 e. The van der Waals surface area contributed by atoms with Crippen LogP contribution in [0.25, 0.3) is 0 Å². The summed E-state index contributed by atoms with van der Waals surface area (Å²) in [6.07, 6.45) is -0.282. The number of halogens is 5. The number of likely N-dealkylation sites (tertiary alicyclic amines) is 1. The lowest BCUT2D eigenvalue weighted by molar-refractivity contribution is -0.137. The van der Waals surface area contributed by atoms with Crippen molar-refractivity contribution in [3.05, 3.63) is 57.0 Å². The van der Waals surface area contributed by atoms with Crippen LogP contribution in [-0.2, 0) is 6.18 Å². The van der Waals surface area contributed by atoms with Crippen LogP contribution >= 0.6 is 27.5 Å². The SMILES string of the molecule is O=C(Nc1ccc(Br)c(Cl)c1)c1cc(N2CCC(N3CCCC3)CC2)cc(C(F)(F)F)c1. The summed E-state index contributed by atoms with van der Waals surface area (Å²) in [6.45, 7) is 3.56. The van der Waals surface area contributed by atoms with Crippen LogP contribution in [0.3, 0.4) is 0 Å². The first-order chi connectivity index (χ1) is 15.2. The molecule has 172 valence electrons. The number of anilines is 2. The van der Waals surface area contributed by atoms with Crippen molar-refractivity contribution in [1.29, 1.82) is 0 Å². The highest BCUT2D eigenvalue weighted by molar-refractivity contribution is 9.10. The van der Waals surface area contributed by atoms with E-state index in [-0.39, 0.29) is 5.56 Å². The van der Waals surface area contributed by atoms with Crippen molar-refractivity contribution in [3.8, 4) is 0 Å². The van der Waals surface area contributed by atoms with E-state index in [0.717, 1.165) is 38.1 Å². The van der Waals surface area contributed by atoms with Gasteiger partial charge in [0, 0.05) is 40.5 Å². The summed E-state index contributed by atoms with van der Waals surface area (Å²) >= 11 is 9.33.